The molecule has 0 saturated heterocycles. The zero-order valence-electron chi connectivity index (χ0n) is 10.2. The number of hydrogen-bond donors (Lipinski definition) is 1. The SMILES string of the molecule is O=C(O)[C@H]1CCc2nn(-c3ccc(Cl)cc3)cc2C1. The van der Waals surface area contributed by atoms with Crippen molar-refractivity contribution < 1.29 is 9.90 Å². The lowest BCUT2D eigenvalue weighted by atomic mass is 9.88. The number of aromatic nitrogens is 2. The summed E-state index contributed by atoms with van der Waals surface area (Å²) in [5.41, 5.74) is 2.98. The molecular formula is C14H13ClN2O2. The standard InChI is InChI=1S/C14H13ClN2O2/c15-11-2-4-12(5-3-11)17-8-10-7-9(14(18)19)1-6-13(10)16-17/h2-5,8-9H,1,6-7H2,(H,18,19)/t9-/m0/s1. The van der Waals surface area contributed by atoms with E-state index >= 15 is 0 Å². The smallest absolute Gasteiger partial charge is 0.306 e. The zero-order chi connectivity index (χ0) is 13.4. The van der Waals surface area contributed by atoms with Gasteiger partial charge in [0.05, 0.1) is 17.3 Å². The zero-order valence-corrected chi connectivity index (χ0v) is 11.0. The second-order valence-corrected chi connectivity index (χ2v) is 5.24. The maximum Gasteiger partial charge on any atom is 0.306 e. The van der Waals surface area contributed by atoms with Gasteiger partial charge in [0.2, 0.25) is 0 Å². The molecule has 0 aliphatic heterocycles. The van der Waals surface area contributed by atoms with Gasteiger partial charge in [-0.2, -0.15) is 5.10 Å². The predicted octanol–water partition coefficient (Wildman–Crippen LogP) is 2.72. The summed E-state index contributed by atoms with van der Waals surface area (Å²) in [4.78, 5) is 11.0. The number of hydrogen-bond acceptors (Lipinski definition) is 2. The van der Waals surface area contributed by atoms with Crippen LogP contribution in [-0.2, 0) is 17.6 Å². The monoisotopic (exact) mass is 276 g/mol. The number of carbonyl (C=O) groups is 1. The summed E-state index contributed by atoms with van der Waals surface area (Å²) in [6.07, 6.45) is 3.89. The second kappa shape index (κ2) is 4.70. The fourth-order valence-electron chi connectivity index (χ4n) is 2.44. The van der Waals surface area contributed by atoms with Crippen LogP contribution in [0.1, 0.15) is 17.7 Å². The molecule has 1 aromatic heterocycles. The summed E-state index contributed by atoms with van der Waals surface area (Å²) in [5.74, 6) is -1.000. The van der Waals surface area contributed by atoms with E-state index in [2.05, 4.69) is 5.10 Å². The number of aliphatic carboxylic acids is 1. The molecule has 1 atom stereocenters. The number of rotatable bonds is 2. The van der Waals surface area contributed by atoms with Gasteiger partial charge in [-0.25, -0.2) is 4.68 Å². The minimum Gasteiger partial charge on any atom is -0.481 e. The Hall–Kier alpha value is -1.81. The Labute approximate surface area is 115 Å². The highest BCUT2D eigenvalue weighted by atomic mass is 35.5. The van der Waals surface area contributed by atoms with Crippen LogP contribution in [0.4, 0.5) is 0 Å². The largest absolute Gasteiger partial charge is 0.481 e. The van der Waals surface area contributed by atoms with E-state index in [9.17, 15) is 4.79 Å². The summed E-state index contributed by atoms with van der Waals surface area (Å²) in [6.45, 7) is 0. The van der Waals surface area contributed by atoms with E-state index in [0.717, 1.165) is 23.4 Å². The third kappa shape index (κ3) is 2.36. The average molecular weight is 277 g/mol. The second-order valence-electron chi connectivity index (χ2n) is 4.80. The number of carboxylic acid groups (broad SMARTS) is 1. The fourth-order valence-corrected chi connectivity index (χ4v) is 2.57. The van der Waals surface area contributed by atoms with Gasteiger partial charge in [-0.1, -0.05) is 11.6 Å². The van der Waals surface area contributed by atoms with Crippen LogP contribution in [-0.4, -0.2) is 20.9 Å². The minimum atomic E-state index is -0.718. The summed E-state index contributed by atoms with van der Waals surface area (Å²) < 4.78 is 1.80. The van der Waals surface area contributed by atoms with Crippen LogP contribution < -0.4 is 0 Å². The Morgan fingerprint density at radius 1 is 1.37 bits per heavy atom. The molecule has 2 aromatic rings. The van der Waals surface area contributed by atoms with E-state index in [1.54, 1.807) is 4.68 Å². The number of aryl methyl sites for hydroxylation is 1. The summed E-state index contributed by atoms with van der Waals surface area (Å²) in [5, 5.41) is 14.3. The molecule has 0 saturated carbocycles. The van der Waals surface area contributed by atoms with Gasteiger partial charge in [-0.15, -0.1) is 0 Å². The van der Waals surface area contributed by atoms with Crippen molar-refractivity contribution in [3.63, 3.8) is 0 Å². The van der Waals surface area contributed by atoms with Crippen molar-refractivity contribution in [1.29, 1.82) is 0 Å². The van der Waals surface area contributed by atoms with Gasteiger partial charge < -0.3 is 5.11 Å². The van der Waals surface area contributed by atoms with Crippen LogP contribution in [0, 0.1) is 5.92 Å². The van der Waals surface area contributed by atoms with Crippen molar-refractivity contribution in [3.8, 4) is 5.69 Å². The molecule has 19 heavy (non-hydrogen) atoms. The molecule has 0 unspecified atom stereocenters. The molecule has 0 spiro atoms. The van der Waals surface area contributed by atoms with Gasteiger partial charge in [0, 0.05) is 11.2 Å². The normalized spacial score (nSPS) is 18.1. The maximum atomic E-state index is 11.0. The van der Waals surface area contributed by atoms with Gasteiger partial charge in [-0.05, 0) is 49.1 Å². The molecule has 0 fully saturated rings. The molecule has 1 aliphatic carbocycles. The summed E-state index contributed by atoms with van der Waals surface area (Å²) >= 11 is 5.86. The number of nitrogens with zero attached hydrogens (tertiary/aromatic N) is 2. The van der Waals surface area contributed by atoms with Gasteiger partial charge in [0.15, 0.2) is 0 Å². The molecule has 1 heterocycles. The lowest BCUT2D eigenvalue weighted by Gasteiger charge is -2.16. The van der Waals surface area contributed by atoms with E-state index in [1.165, 1.54) is 0 Å². The summed E-state index contributed by atoms with van der Waals surface area (Å²) in [7, 11) is 0. The lowest BCUT2D eigenvalue weighted by Crippen LogP contribution is -2.21. The van der Waals surface area contributed by atoms with E-state index < -0.39 is 5.97 Å². The van der Waals surface area contributed by atoms with Gasteiger partial charge in [0.25, 0.3) is 0 Å². The maximum absolute atomic E-state index is 11.0. The fraction of sp³-hybridized carbons (Fsp3) is 0.286. The molecule has 5 heteroatoms. The van der Waals surface area contributed by atoms with Gasteiger partial charge >= 0.3 is 5.97 Å². The van der Waals surface area contributed by atoms with Crippen molar-refractivity contribution in [2.24, 2.45) is 5.92 Å². The minimum absolute atomic E-state index is 0.282. The first-order valence-corrected chi connectivity index (χ1v) is 6.57. The number of halogens is 1. The number of fused-ring (bicyclic) bond motifs is 1. The highest BCUT2D eigenvalue weighted by Crippen LogP contribution is 2.26. The van der Waals surface area contributed by atoms with E-state index in [-0.39, 0.29) is 5.92 Å². The first-order chi connectivity index (χ1) is 9.13. The van der Waals surface area contributed by atoms with Crippen molar-refractivity contribution in [1.82, 2.24) is 9.78 Å². The van der Waals surface area contributed by atoms with Crippen LogP contribution >= 0.6 is 11.6 Å². The van der Waals surface area contributed by atoms with Crippen LogP contribution in [0.3, 0.4) is 0 Å². The van der Waals surface area contributed by atoms with Gasteiger partial charge in [0.1, 0.15) is 0 Å². The molecule has 3 rings (SSSR count). The predicted molar refractivity (Wildman–Crippen MR) is 71.7 cm³/mol. The molecule has 0 radical (unpaired) electrons. The van der Waals surface area contributed by atoms with Crippen molar-refractivity contribution >= 4 is 17.6 Å². The van der Waals surface area contributed by atoms with Crippen LogP contribution in [0.15, 0.2) is 30.5 Å². The highest BCUT2D eigenvalue weighted by Gasteiger charge is 2.26. The Kier molecular flexibility index (Phi) is 3.03. The average Bonchev–Trinajstić information content (AvgIpc) is 2.82. The molecular weight excluding hydrogens is 264 g/mol. The topological polar surface area (TPSA) is 55.1 Å². The Balaban J connectivity index is 1.91. The van der Waals surface area contributed by atoms with E-state index in [1.807, 2.05) is 30.5 Å². The molecule has 4 nitrogen and oxygen atoms in total. The Morgan fingerprint density at radius 3 is 2.79 bits per heavy atom. The molecule has 1 aromatic carbocycles. The third-order valence-electron chi connectivity index (χ3n) is 3.51. The Morgan fingerprint density at radius 2 is 2.11 bits per heavy atom. The Bertz CT molecular complexity index is 619. The van der Waals surface area contributed by atoms with E-state index in [0.29, 0.717) is 17.9 Å². The highest BCUT2D eigenvalue weighted by molar-refractivity contribution is 6.30. The van der Waals surface area contributed by atoms with Crippen LogP contribution in [0.2, 0.25) is 5.02 Å². The molecule has 1 aliphatic rings. The van der Waals surface area contributed by atoms with Gasteiger partial charge in [-0.3, -0.25) is 4.79 Å². The molecule has 1 N–H and O–H groups in total. The van der Waals surface area contributed by atoms with Crippen LogP contribution in [0.25, 0.3) is 5.69 Å². The molecule has 0 amide bonds. The van der Waals surface area contributed by atoms with Crippen molar-refractivity contribution in [2.75, 3.05) is 0 Å². The molecule has 98 valence electrons. The lowest BCUT2D eigenvalue weighted by molar-refractivity contribution is -0.142. The number of carboxylic acids is 1. The van der Waals surface area contributed by atoms with Crippen molar-refractivity contribution in [2.45, 2.75) is 19.3 Å². The first kappa shape index (κ1) is 12.2. The quantitative estimate of drug-likeness (QED) is 0.917. The molecule has 0 bridgehead atoms. The summed E-state index contributed by atoms with van der Waals surface area (Å²) in [6, 6.07) is 7.43. The van der Waals surface area contributed by atoms with Crippen LogP contribution in [0.5, 0.6) is 0 Å². The van der Waals surface area contributed by atoms with E-state index in [4.69, 9.17) is 16.7 Å². The number of benzene rings is 1. The first-order valence-electron chi connectivity index (χ1n) is 6.19. The van der Waals surface area contributed by atoms with Crippen molar-refractivity contribution in [3.05, 3.63) is 46.7 Å². The third-order valence-corrected chi connectivity index (χ3v) is 3.77.